The van der Waals surface area contributed by atoms with Crippen LogP contribution in [-0.4, -0.2) is 19.4 Å². The molecule has 3 atom stereocenters. The molecule has 3 nitrogen and oxygen atoms in total. The van der Waals surface area contributed by atoms with Crippen molar-refractivity contribution in [1.29, 1.82) is 0 Å². The molecule has 132 valence electrons. The highest BCUT2D eigenvalue weighted by molar-refractivity contribution is 5.79. The minimum atomic E-state index is 0.414. The van der Waals surface area contributed by atoms with Crippen LogP contribution in [0.3, 0.4) is 0 Å². The third kappa shape index (κ3) is 2.30. The van der Waals surface area contributed by atoms with Gasteiger partial charge >= 0.3 is 0 Å². The van der Waals surface area contributed by atoms with Gasteiger partial charge in [0.1, 0.15) is 12.0 Å². The van der Waals surface area contributed by atoms with Crippen molar-refractivity contribution < 1.29 is 9.53 Å². The first kappa shape index (κ1) is 15.7. The van der Waals surface area contributed by atoms with Crippen molar-refractivity contribution in [2.75, 3.05) is 12.0 Å². The predicted molar refractivity (Wildman–Crippen MR) is 103 cm³/mol. The Balaban J connectivity index is 1.53. The highest BCUT2D eigenvalue weighted by Gasteiger charge is 2.42. The lowest BCUT2D eigenvalue weighted by Gasteiger charge is -2.32. The summed E-state index contributed by atoms with van der Waals surface area (Å²) in [6.07, 6.45) is 16.9. The van der Waals surface area contributed by atoms with Gasteiger partial charge in [0, 0.05) is 34.8 Å². The van der Waals surface area contributed by atoms with E-state index in [1.807, 2.05) is 6.07 Å². The van der Waals surface area contributed by atoms with Crippen molar-refractivity contribution >= 4 is 12.0 Å². The Morgan fingerprint density at radius 3 is 3.00 bits per heavy atom. The fourth-order valence-corrected chi connectivity index (χ4v) is 5.08. The van der Waals surface area contributed by atoms with E-state index in [9.17, 15) is 4.79 Å². The molecule has 3 unspecified atom stereocenters. The molecule has 26 heavy (non-hydrogen) atoms. The molecular weight excluding hydrogens is 322 g/mol. The van der Waals surface area contributed by atoms with Gasteiger partial charge in [0.15, 0.2) is 0 Å². The zero-order valence-electron chi connectivity index (χ0n) is 15.0. The molecule has 1 aliphatic heterocycles. The first-order valence-electron chi connectivity index (χ1n) is 9.52. The van der Waals surface area contributed by atoms with Crippen molar-refractivity contribution in [3.63, 3.8) is 0 Å². The number of allylic oxidation sites excluding steroid dienone is 6. The molecule has 1 aromatic carbocycles. The van der Waals surface area contributed by atoms with Gasteiger partial charge in [-0.2, -0.15) is 0 Å². The number of methoxy groups -OCH3 is 1. The number of ether oxygens (including phenoxy) is 1. The molecule has 5 rings (SSSR count). The van der Waals surface area contributed by atoms with Crippen molar-refractivity contribution in [1.82, 2.24) is 0 Å². The molecule has 4 aliphatic rings. The molecule has 3 aliphatic carbocycles. The third-order valence-electron chi connectivity index (χ3n) is 6.30. The fourth-order valence-electron chi connectivity index (χ4n) is 5.08. The normalized spacial score (nSPS) is 28.6. The average molecular weight is 345 g/mol. The van der Waals surface area contributed by atoms with Crippen molar-refractivity contribution in [2.24, 2.45) is 5.92 Å². The van der Waals surface area contributed by atoms with Gasteiger partial charge in [-0.3, -0.25) is 4.79 Å². The average Bonchev–Trinajstić information content (AvgIpc) is 3.27. The summed E-state index contributed by atoms with van der Waals surface area (Å²) in [4.78, 5) is 13.8. The molecule has 1 saturated carbocycles. The van der Waals surface area contributed by atoms with Crippen LogP contribution in [0.4, 0.5) is 5.69 Å². The van der Waals surface area contributed by atoms with Crippen LogP contribution < -0.4 is 4.90 Å². The van der Waals surface area contributed by atoms with Gasteiger partial charge in [0.25, 0.3) is 0 Å². The highest BCUT2D eigenvalue weighted by atomic mass is 16.5. The predicted octanol–water partition coefficient (Wildman–Crippen LogP) is 4.89. The van der Waals surface area contributed by atoms with E-state index >= 15 is 0 Å². The van der Waals surface area contributed by atoms with Crippen molar-refractivity contribution in [3.05, 3.63) is 76.7 Å². The Kier molecular flexibility index (Phi) is 3.63. The van der Waals surface area contributed by atoms with Gasteiger partial charge in [-0.05, 0) is 66.8 Å². The van der Waals surface area contributed by atoms with Gasteiger partial charge < -0.3 is 9.64 Å². The Morgan fingerprint density at radius 2 is 2.15 bits per heavy atom. The van der Waals surface area contributed by atoms with Crippen LogP contribution in [0.25, 0.3) is 0 Å². The SMILES string of the molecule is COC1=CC2CC=C(N3c4ccc(C=O)cc4C4CCCC43)C=C2C=C1. The number of hydrogen-bond donors (Lipinski definition) is 0. The molecule has 0 spiro atoms. The molecule has 1 aromatic rings. The highest BCUT2D eigenvalue weighted by Crippen LogP contribution is 2.51. The maximum Gasteiger partial charge on any atom is 0.150 e. The van der Waals surface area contributed by atoms with E-state index in [0.29, 0.717) is 17.9 Å². The van der Waals surface area contributed by atoms with E-state index < -0.39 is 0 Å². The molecule has 0 N–H and O–H groups in total. The lowest BCUT2D eigenvalue weighted by Crippen LogP contribution is -2.31. The zero-order chi connectivity index (χ0) is 17.7. The minimum absolute atomic E-state index is 0.414. The maximum absolute atomic E-state index is 11.2. The topological polar surface area (TPSA) is 29.5 Å². The summed E-state index contributed by atoms with van der Waals surface area (Å²) in [6.45, 7) is 0. The second-order valence-corrected chi connectivity index (χ2v) is 7.63. The summed E-state index contributed by atoms with van der Waals surface area (Å²) in [6, 6.07) is 6.73. The number of rotatable bonds is 3. The van der Waals surface area contributed by atoms with Crippen LogP contribution >= 0.6 is 0 Å². The van der Waals surface area contributed by atoms with Gasteiger partial charge in [0.2, 0.25) is 0 Å². The third-order valence-corrected chi connectivity index (χ3v) is 6.30. The van der Waals surface area contributed by atoms with E-state index in [-0.39, 0.29) is 0 Å². The summed E-state index contributed by atoms with van der Waals surface area (Å²) in [5, 5.41) is 0. The standard InChI is InChI=1S/C23H23NO2/c1-26-19-9-7-16-12-18(8-6-17(16)13-19)24-22-4-2-3-20(22)21-11-15(14-25)5-10-23(21)24/h5,7-14,17,20,22H,2-4,6H2,1H3. The maximum atomic E-state index is 11.2. The number of carbonyl (C=O) groups is 1. The number of carbonyl (C=O) groups excluding carboxylic acids is 1. The number of aldehydes is 1. The molecule has 0 aromatic heterocycles. The first-order chi connectivity index (χ1) is 12.8. The lowest BCUT2D eigenvalue weighted by molar-refractivity contribution is 0.112. The summed E-state index contributed by atoms with van der Waals surface area (Å²) < 4.78 is 5.38. The number of anilines is 1. The molecule has 0 saturated heterocycles. The molecule has 0 bridgehead atoms. The van der Waals surface area contributed by atoms with Gasteiger partial charge in [-0.1, -0.05) is 18.6 Å². The Morgan fingerprint density at radius 1 is 1.23 bits per heavy atom. The summed E-state index contributed by atoms with van der Waals surface area (Å²) in [7, 11) is 1.73. The lowest BCUT2D eigenvalue weighted by atomic mass is 9.86. The monoisotopic (exact) mass is 345 g/mol. The Hall–Kier alpha value is -2.55. The Bertz CT molecular complexity index is 889. The number of nitrogens with zero attached hydrogens (tertiary/aromatic N) is 1. The van der Waals surface area contributed by atoms with Crippen LogP contribution in [0, 0.1) is 5.92 Å². The van der Waals surface area contributed by atoms with Gasteiger partial charge in [0.05, 0.1) is 7.11 Å². The Labute approximate surface area is 154 Å². The fraction of sp³-hybridized carbons (Fsp3) is 0.348. The molecule has 1 heterocycles. The second-order valence-electron chi connectivity index (χ2n) is 7.63. The number of hydrogen-bond acceptors (Lipinski definition) is 3. The van der Waals surface area contributed by atoms with Crippen molar-refractivity contribution in [2.45, 2.75) is 37.6 Å². The molecule has 1 fully saturated rings. The second kappa shape index (κ2) is 6.01. The largest absolute Gasteiger partial charge is 0.497 e. The van der Waals surface area contributed by atoms with E-state index in [1.54, 1.807) is 7.11 Å². The van der Waals surface area contributed by atoms with Crippen LogP contribution in [0.2, 0.25) is 0 Å². The smallest absolute Gasteiger partial charge is 0.150 e. The van der Waals surface area contributed by atoms with Gasteiger partial charge in [-0.15, -0.1) is 0 Å². The zero-order valence-corrected chi connectivity index (χ0v) is 15.0. The molecular formula is C23H23NO2. The van der Waals surface area contributed by atoms with E-state index in [1.165, 1.54) is 41.8 Å². The van der Waals surface area contributed by atoms with E-state index in [0.717, 1.165) is 24.0 Å². The van der Waals surface area contributed by atoms with Crippen LogP contribution in [0.1, 0.15) is 47.5 Å². The van der Waals surface area contributed by atoms with Crippen LogP contribution in [0.5, 0.6) is 0 Å². The van der Waals surface area contributed by atoms with Crippen LogP contribution in [0.15, 0.2) is 65.6 Å². The number of benzene rings is 1. The van der Waals surface area contributed by atoms with E-state index in [4.69, 9.17) is 4.74 Å². The van der Waals surface area contributed by atoms with E-state index in [2.05, 4.69) is 47.4 Å². The summed E-state index contributed by atoms with van der Waals surface area (Å²) in [5.74, 6) is 1.93. The van der Waals surface area contributed by atoms with Crippen LogP contribution in [-0.2, 0) is 4.74 Å². The summed E-state index contributed by atoms with van der Waals surface area (Å²) >= 11 is 0. The molecule has 3 heteroatoms. The number of fused-ring (bicyclic) bond motifs is 4. The first-order valence-corrected chi connectivity index (χ1v) is 9.52. The quantitative estimate of drug-likeness (QED) is 0.731. The molecule has 0 amide bonds. The summed E-state index contributed by atoms with van der Waals surface area (Å²) in [5.41, 5.74) is 6.11. The van der Waals surface area contributed by atoms with Crippen molar-refractivity contribution in [3.8, 4) is 0 Å². The molecule has 0 radical (unpaired) electrons. The van der Waals surface area contributed by atoms with Gasteiger partial charge in [-0.25, -0.2) is 0 Å². The minimum Gasteiger partial charge on any atom is -0.497 e.